The van der Waals surface area contributed by atoms with E-state index in [-0.39, 0.29) is 35.1 Å². The fourth-order valence-corrected chi connectivity index (χ4v) is 6.28. The van der Waals surface area contributed by atoms with Crippen molar-refractivity contribution in [2.45, 2.75) is 39.2 Å². The van der Waals surface area contributed by atoms with E-state index in [9.17, 15) is 14.7 Å². The van der Waals surface area contributed by atoms with Gasteiger partial charge in [0.1, 0.15) is 0 Å². The predicted octanol–water partition coefficient (Wildman–Crippen LogP) is 3.09. The van der Waals surface area contributed by atoms with E-state index >= 15 is 0 Å². The summed E-state index contributed by atoms with van der Waals surface area (Å²) in [7, 11) is 0. The topological polar surface area (TPSA) is 66.4 Å². The van der Waals surface area contributed by atoms with Crippen molar-refractivity contribution in [2.24, 2.45) is 35.0 Å². The summed E-state index contributed by atoms with van der Waals surface area (Å²) in [6.07, 6.45) is 7.12. The normalized spacial score (nSPS) is 42.6. The first-order chi connectivity index (χ1) is 10.8. The van der Waals surface area contributed by atoms with Gasteiger partial charge in [0.25, 0.3) is 0 Å². The van der Waals surface area contributed by atoms with Gasteiger partial charge in [0.15, 0.2) is 0 Å². The fourth-order valence-electron chi connectivity index (χ4n) is 5.65. The van der Waals surface area contributed by atoms with Crippen LogP contribution in [0, 0.1) is 35.0 Å². The highest BCUT2D eigenvalue weighted by molar-refractivity contribution is 9.11. The highest BCUT2D eigenvalue weighted by Crippen LogP contribution is 2.63. The van der Waals surface area contributed by atoms with Crippen LogP contribution in [0.3, 0.4) is 0 Å². The molecule has 0 saturated heterocycles. The van der Waals surface area contributed by atoms with Gasteiger partial charge in [-0.3, -0.25) is 9.59 Å². The first-order valence-corrected chi connectivity index (χ1v) is 9.21. The van der Waals surface area contributed by atoms with E-state index in [2.05, 4.69) is 47.2 Å². The number of carboxylic acids is 1. The Morgan fingerprint density at radius 1 is 1.26 bits per heavy atom. The number of aliphatic carboxylic acids is 1. The van der Waals surface area contributed by atoms with Crippen molar-refractivity contribution in [3.8, 4) is 0 Å². The maximum atomic E-state index is 12.9. The smallest absolute Gasteiger partial charge is 0.307 e. The lowest BCUT2D eigenvalue weighted by atomic mass is 9.70. The molecule has 23 heavy (non-hydrogen) atoms. The molecule has 3 fully saturated rings. The lowest BCUT2D eigenvalue weighted by molar-refractivity contribution is -0.149. The molecular weight excluding hydrogens is 358 g/mol. The number of fused-ring (bicyclic) bond motifs is 4. The Morgan fingerprint density at radius 2 is 1.91 bits per heavy atom. The van der Waals surface area contributed by atoms with Crippen molar-refractivity contribution >= 4 is 27.8 Å². The maximum Gasteiger partial charge on any atom is 0.307 e. The molecular formula is C18H22BrNO3. The van der Waals surface area contributed by atoms with E-state index in [1.165, 1.54) is 5.57 Å². The number of carbonyl (C=O) groups is 2. The van der Waals surface area contributed by atoms with Crippen molar-refractivity contribution in [3.05, 3.63) is 22.2 Å². The number of amides is 1. The summed E-state index contributed by atoms with van der Waals surface area (Å²) in [5, 5.41) is 12.8. The lowest BCUT2D eigenvalue weighted by Crippen LogP contribution is -2.53. The lowest BCUT2D eigenvalue weighted by Gasteiger charge is -2.42. The van der Waals surface area contributed by atoms with E-state index in [0.717, 1.165) is 23.7 Å². The van der Waals surface area contributed by atoms with Crippen LogP contribution in [0.15, 0.2) is 22.2 Å². The molecule has 0 radical (unpaired) electrons. The van der Waals surface area contributed by atoms with Crippen molar-refractivity contribution < 1.29 is 14.7 Å². The molecule has 0 aliphatic heterocycles. The summed E-state index contributed by atoms with van der Waals surface area (Å²) < 4.78 is 1.08. The number of nitrogens with one attached hydrogen (secondary N) is 1. The standard InChI is InChI=1S/C18H22BrNO3/c1-18(2)11-3-4-12(18)14(17(22)23)13(11)16(21)20-15-8-5-9(15)7-10(19)6-8/h6-8,11-15H,3-5H2,1-2H3,(H,20,21)(H,22,23). The number of hydrogen-bond acceptors (Lipinski definition) is 2. The van der Waals surface area contributed by atoms with Crippen LogP contribution in [-0.4, -0.2) is 23.0 Å². The van der Waals surface area contributed by atoms with Crippen molar-refractivity contribution in [1.82, 2.24) is 5.32 Å². The zero-order chi connectivity index (χ0) is 16.5. The largest absolute Gasteiger partial charge is 0.481 e. The molecule has 2 N–H and O–H groups in total. The predicted molar refractivity (Wildman–Crippen MR) is 89.7 cm³/mol. The molecule has 0 spiro atoms. The third kappa shape index (κ3) is 2.08. The third-order valence-electron chi connectivity index (χ3n) is 6.84. The number of allylic oxidation sites excluding steroid dienone is 2. The maximum absolute atomic E-state index is 12.9. The van der Waals surface area contributed by atoms with E-state index in [1.54, 1.807) is 0 Å². The van der Waals surface area contributed by atoms with Crippen LogP contribution in [0.1, 0.15) is 33.1 Å². The molecule has 5 heteroatoms. The second-order valence-corrected chi connectivity index (χ2v) is 9.04. The molecule has 6 unspecified atom stereocenters. The van der Waals surface area contributed by atoms with Crippen LogP contribution in [0.5, 0.6) is 0 Å². The van der Waals surface area contributed by atoms with Gasteiger partial charge in [0.05, 0.1) is 17.9 Å². The number of halogens is 1. The summed E-state index contributed by atoms with van der Waals surface area (Å²) in [5.41, 5.74) is 1.19. The van der Waals surface area contributed by atoms with Crippen LogP contribution < -0.4 is 5.32 Å². The van der Waals surface area contributed by atoms with Crippen LogP contribution >= 0.6 is 15.9 Å². The summed E-state index contributed by atoms with van der Waals surface area (Å²) in [6, 6.07) is 0.0699. The van der Waals surface area contributed by atoms with Crippen molar-refractivity contribution in [2.75, 3.05) is 0 Å². The summed E-state index contributed by atoms with van der Waals surface area (Å²) in [6.45, 7) is 4.28. The number of carboxylic acid groups (broad SMARTS) is 1. The number of hydrogen-bond donors (Lipinski definition) is 2. The minimum atomic E-state index is -0.805. The van der Waals surface area contributed by atoms with Gasteiger partial charge in [-0.15, -0.1) is 0 Å². The van der Waals surface area contributed by atoms with E-state index in [4.69, 9.17) is 0 Å². The number of rotatable bonds is 3. The third-order valence-corrected chi connectivity index (χ3v) is 7.33. The first kappa shape index (κ1) is 15.4. The molecule has 124 valence electrons. The molecule has 6 atom stereocenters. The average Bonchev–Trinajstić information content (AvgIpc) is 2.90. The second-order valence-electron chi connectivity index (χ2n) is 8.13. The number of carbonyl (C=O) groups excluding carboxylic acids is 1. The SMILES string of the molecule is CC1(C)C2CCC1C(C(=O)NC1C3=CC(Br)=CC1C3)C2C(=O)O. The van der Waals surface area contributed by atoms with Crippen LogP contribution in [0.2, 0.25) is 0 Å². The van der Waals surface area contributed by atoms with Crippen molar-refractivity contribution in [1.29, 1.82) is 0 Å². The Hall–Kier alpha value is -1.10. The summed E-state index contributed by atoms with van der Waals surface area (Å²) in [5.74, 6) is -1.11. The van der Waals surface area contributed by atoms with Gasteiger partial charge in [0.2, 0.25) is 5.91 Å². The van der Waals surface area contributed by atoms with Crippen LogP contribution in [0.4, 0.5) is 0 Å². The molecule has 0 heterocycles. The average molecular weight is 380 g/mol. The Bertz CT molecular complexity index is 651. The van der Waals surface area contributed by atoms with Crippen LogP contribution in [-0.2, 0) is 9.59 Å². The Morgan fingerprint density at radius 3 is 2.48 bits per heavy atom. The highest BCUT2D eigenvalue weighted by Gasteiger charge is 2.63. The van der Waals surface area contributed by atoms with Gasteiger partial charge in [-0.05, 0) is 48.2 Å². The van der Waals surface area contributed by atoms with Gasteiger partial charge in [-0.2, -0.15) is 0 Å². The molecule has 4 aliphatic rings. The van der Waals surface area contributed by atoms with E-state index < -0.39 is 11.9 Å². The molecule has 4 rings (SSSR count). The van der Waals surface area contributed by atoms with Gasteiger partial charge in [0, 0.05) is 10.4 Å². The summed E-state index contributed by atoms with van der Waals surface area (Å²) >= 11 is 3.48. The second kappa shape index (κ2) is 4.95. The quantitative estimate of drug-likeness (QED) is 0.791. The van der Waals surface area contributed by atoms with Crippen molar-refractivity contribution in [3.63, 3.8) is 0 Å². The highest BCUT2D eigenvalue weighted by atomic mass is 79.9. The Labute approximate surface area is 144 Å². The molecule has 4 bridgehead atoms. The first-order valence-electron chi connectivity index (χ1n) is 8.41. The molecule has 4 nitrogen and oxygen atoms in total. The molecule has 0 aromatic carbocycles. The monoisotopic (exact) mass is 379 g/mol. The molecule has 1 amide bonds. The summed E-state index contributed by atoms with van der Waals surface area (Å²) in [4.78, 5) is 24.7. The van der Waals surface area contributed by atoms with E-state index in [0.29, 0.717) is 5.92 Å². The Balaban J connectivity index is 1.55. The molecule has 0 aromatic rings. The molecule has 0 aromatic heterocycles. The molecule has 4 aliphatic carbocycles. The minimum absolute atomic E-state index is 0.0512. The van der Waals surface area contributed by atoms with Gasteiger partial charge in [-0.25, -0.2) is 0 Å². The van der Waals surface area contributed by atoms with Crippen LogP contribution in [0.25, 0.3) is 0 Å². The minimum Gasteiger partial charge on any atom is -0.481 e. The van der Waals surface area contributed by atoms with E-state index in [1.807, 2.05) is 0 Å². The van der Waals surface area contributed by atoms with Gasteiger partial charge >= 0.3 is 5.97 Å². The fraction of sp³-hybridized carbons (Fsp3) is 0.667. The van der Waals surface area contributed by atoms with Gasteiger partial charge < -0.3 is 10.4 Å². The van der Waals surface area contributed by atoms with Gasteiger partial charge in [-0.1, -0.05) is 35.9 Å². The molecule has 3 saturated carbocycles. The Kier molecular flexibility index (Phi) is 3.32. The zero-order valence-corrected chi connectivity index (χ0v) is 15.0. The zero-order valence-electron chi connectivity index (χ0n) is 13.4.